The first-order valence-electron chi connectivity index (χ1n) is 11.1. The van der Waals surface area contributed by atoms with Crippen LogP contribution in [0.25, 0.3) is 21.5 Å². The van der Waals surface area contributed by atoms with E-state index >= 15 is 0 Å². The van der Waals surface area contributed by atoms with Gasteiger partial charge in [-0.05, 0) is 0 Å². The maximum atomic E-state index is 3.75. The fraction of sp³-hybridized carbons (Fsp3) is 0.133. The molecule has 0 unspecified atom stereocenters. The Bertz CT molecular complexity index is 954. The van der Waals surface area contributed by atoms with Crippen molar-refractivity contribution in [2.24, 2.45) is 0 Å². The van der Waals surface area contributed by atoms with Crippen molar-refractivity contribution in [3.05, 3.63) is 136 Å². The molecular weight excluding hydrogens is 579 g/mol. The van der Waals surface area contributed by atoms with E-state index in [1.54, 1.807) is 0 Å². The molecule has 4 aromatic carbocycles. The average Bonchev–Trinajstić information content (AvgIpc) is 3.50. The molecule has 0 saturated carbocycles. The third-order valence-corrected chi connectivity index (χ3v) is 6.07. The van der Waals surface area contributed by atoms with E-state index in [4.69, 9.17) is 0 Å². The Balaban J connectivity index is 0. The summed E-state index contributed by atoms with van der Waals surface area (Å²) in [5, 5.41) is 5.32. The minimum absolute atomic E-state index is 0. The predicted molar refractivity (Wildman–Crippen MR) is 149 cm³/mol. The van der Waals surface area contributed by atoms with Gasteiger partial charge in [0.1, 0.15) is 0 Å². The molecule has 0 spiro atoms. The Hall–Kier alpha value is -1.78. The van der Waals surface area contributed by atoms with Gasteiger partial charge in [0, 0.05) is 26.2 Å². The van der Waals surface area contributed by atoms with Crippen LogP contribution in [-0.4, -0.2) is 45.2 Å². The van der Waals surface area contributed by atoms with Gasteiger partial charge in [-0.1, -0.05) is 36.4 Å². The van der Waals surface area contributed by atoms with Crippen molar-refractivity contribution in [3.63, 3.8) is 0 Å². The van der Waals surface area contributed by atoms with Crippen LogP contribution >= 0.6 is 0 Å². The molecule has 2 radical (unpaired) electrons. The summed E-state index contributed by atoms with van der Waals surface area (Å²) in [6.45, 7) is 18.5. The number of hydrogen-bond acceptors (Lipinski definition) is 2. The van der Waals surface area contributed by atoms with Crippen LogP contribution in [0.1, 0.15) is 0 Å². The van der Waals surface area contributed by atoms with Crippen LogP contribution in [0, 0.1) is 0 Å². The van der Waals surface area contributed by atoms with Gasteiger partial charge in [0.25, 0.3) is 9.84 Å². The second-order valence-corrected chi connectivity index (χ2v) is 8.84. The van der Waals surface area contributed by atoms with E-state index in [1.807, 2.05) is 24.3 Å². The average molecular weight is 613 g/mol. The van der Waals surface area contributed by atoms with E-state index in [1.165, 1.54) is 21.5 Å². The molecule has 0 aliphatic rings. The molecular formula is C30H34Cl2N2SiZr. The van der Waals surface area contributed by atoms with Crippen LogP contribution in [0.3, 0.4) is 0 Å². The SMILES string of the molecule is C=CCN(CC=C)[Si]N(CC=C)CC=C.[Cl-].[Cl-].[Zr+4].c1ccc2[cH-]ccc2c1.c1ccc2[cH-]ccc2c1. The number of hydrogen-bond donors (Lipinski definition) is 0. The summed E-state index contributed by atoms with van der Waals surface area (Å²) in [5.74, 6) is 0. The minimum Gasteiger partial charge on any atom is -1.00 e. The molecule has 0 amide bonds. The standard InChI is InChI=1S/C12H20N2Si.2C9H7.2ClH.Zr/c1-5-9-13(10-6-2)15-14(11-7-3)12-8-4;2*1-2-5-9-7-3-6-8(9)4-1;;;/h5-8H,1-4,9-12H2;2*1-7H;2*1H;/q;2*-1;;;+4/p-2. The number of nitrogens with zero attached hydrogens (tertiary/aromatic N) is 2. The summed E-state index contributed by atoms with van der Waals surface area (Å²) in [6, 6.07) is 29.3. The van der Waals surface area contributed by atoms with Crippen LogP contribution in [0.5, 0.6) is 0 Å². The van der Waals surface area contributed by atoms with Gasteiger partial charge in [-0.25, -0.2) is 0 Å². The number of rotatable bonds is 10. The Kier molecular flexibility index (Phi) is 22.7. The van der Waals surface area contributed by atoms with Gasteiger partial charge in [0.05, 0.1) is 0 Å². The van der Waals surface area contributed by atoms with Gasteiger partial charge in [0.15, 0.2) is 0 Å². The van der Waals surface area contributed by atoms with Crippen LogP contribution < -0.4 is 24.8 Å². The van der Waals surface area contributed by atoms with Crippen molar-refractivity contribution < 1.29 is 51.0 Å². The third kappa shape index (κ3) is 13.5. The molecule has 6 heteroatoms. The fourth-order valence-corrected chi connectivity index (χ4v) is 4.52. The first-order valence-corrected chi connectivity index (χ1v) is 12.0. The van der Waals surface area contributed by atoms with Gasteiger partial charge in [0.2, 0.25) is 0 Å². The van der Waals surface area contributed by atoms with E-state index in [0.717, 1.165) is 26.2 Å². The zero-order valence-electron chi connectivity index (χ0n) is 20.7. The molecule has 186 valence electrons. The predicted octanol–water partition coefficient (Wildman–Crippen LogP) is 0.992. The summed E-state index contributed by atoms with van der Waals surface area (Å²) in [6.07, 6.45) is 7.65. The van der Waals surface area contributed by atoms with Crippen LogP contribution in [-0.2, 0) is 26.2 Å². The second-order valence-electron chi connectivity index (χ2n) is 7.37. The zero-order chi connectivity index (χ0) is 23.7. The van der Waals surface area contributed by atoms with Crippen LogP contribution in [0.4, 0.5) is 0 Å². The second kappa shape index (κ2) is 22.4. The third-order valence-electron chi connectivity index (χ3n) is 4.78. The van der Waals surface area contributed by atoms with Crippen LogP contribution in [0.15, 0.2) is 136 Å². The van der Waals surface area contributed by atoms with E-state index in [0.29, 0.717) is 9.84 Å². The van der Waals surface area contributed by atoms with E-state index < -0.39 is 0 Å². The molecule has 0 N–H and O–H groups in total. The van der Waals surface area contributed by atoms with Crippen molar-refractivity contribution in [3.8, 4) is 0 Å². The minimum atomic E-state index is 0. The number of benzene rings is 2. The molecule has 0 bridgehead atoms. The van der Waals surface area contributed by atoms with Gasteiger partial charge >= 0.3 is 26.2 Å². The van der Waals surface area contributed by atoms with E-state index in [-0.39, 0.29) is 51.0 Å². The van der Waals surface area contributed by atoms with Gasteiger partial charge in [-0.15, -0.1) is 85.6 Å². The van der Waals surface area contributed by atoms with E-state index in [2.05, 4.69) is 120 Å². The number of fused-ring (bicyclic) bond motifs is 2. The molecule has 4 aromatic rings. The molecule has 0 aliphatic heterocycles. The summed E-state index contributed by atoms with van der Waals surface area (Å²) < 4.78 is 4.57. The molecule has 0 aliphatic carbocycles. The fourth-order valence-electron chi connectivity index (χ4n) is 3.28. The molecule has 0 aromatic heterocycles. The topological polar surface area (TPSA) is 6.48 Å². The Labute approximate surface area is 251 Å². The molecule has 4 rings (SSSR count). The van der Waals surface area contributed by atoms with Crippen molar-refractivity contribution in [1.29, 1.82) is 0 Å². The summed E-state index contributed by atoms with van der Waals surface area (Å²) >= 11 is 0. The largest absolute Gasteiger partial charge is 4.00 e. The molecule has 0 saturated heterocycles. The maximum absolute atomic E-state index is 3.75. The molecule has 0 atom stereocenters. The first-order chi connectivity index (χ1) is 16.2. The van der Waals surface area contributed by atoms with Crippen molar-refractivity contribution >= 4 is 31.4 Å². The van der Waals surface area contributed by atoms with E-state index in [9.17, 15) is 0 Å². The Morgan fingerprint density at radius 1 is 0.583 bits per heavy atom. The van der Waals surface area contributed by atoms with Crippen molar-refractivity contribution in [2.75, 3.05) is 26.2 Å². The monoisotopic (exact) mass is 610 g/mol. The van der Waals surface area contributed by atoms with Crippen LogP contribution in [0.2, 0.25) is 0 Å². The summed E-state index contributed by atoms with van der Waals surface area (Å²) in [4.78, 5) is 0. The van der Waals surface area contributed by atoms with Gasteiger partial charge in [-0.2, -0.15) is 35.0 Å². The quantitative estimate of drug-likeness (QED) is 0.150. The summed E-state index contributed by atoms with van der Waals surface area (Å²) in [5.41, 5.74) is 0. The van der Waals surface area contributed by atoms with Gasteiger partial charge in [-0.3, -0.25) is 0 Å². The first kappa shape index (κ1) is 36.4. The normalized spacial score (nSPS) is 9.39. The van der Waals surface area contributed by atoms with Crippen molar-refractivity contribution in [2.45, 2.75) is 0 Å². The smallest absolute Gasteiger partial charge is 1.00 e. The molecule has 2 nitrogen and oxygen atoms in total. The zero-order valence-corrected chi connectivity index (χ0v) is 25.7. The molecule has 36 heavy (non-hydrogen) atoms. The van der Waals surface area contributed by atoms with Gasteiger partial charge < -0.3 is 33.9 Å². The number of halogens is 2. The molecule has 0 heterocycles. The maximum Gasteiger partial charge on any atom is 4.00 e. The summed E-state index contributed by atoms with van der Waals surface area (Å²) in [7, 11) is 0.623. The Morgan fingerprint density at radius 2 is 0.917 bits per heavy atom. The van der Waals surface area contributed by atoms with Crippen molar-refractivity contribution in [1.82, 2.24) is 9.13 Å². The molecule has 0 fully saturated rings. The Morgan fingerprint density at radius 3 is 1.22 bits per heavy atom.